The lowest BCUT2D eigenvalue weighted by molar-refractivity contribution is 0.0691. The molecule has 8 nitrogen and oxygen atoms in total. The maximum absolute atomic E-state index is 13.3. The highest BCUT2D eigenvalue weighted by atomic mass is 35.5. The highest BCUT2D eigenvalue weighted by Crippen LogP contribution is 2.30. The van der Waals surface area contributed by atoms with E-state index >= 15 is 0 Å². The number of carboxylic acids is 1. The fraction of sp³-hybridized carbons (Fsp3) is 0.160. The van der Waals surface area contributed by atoms with Crippen LogP contribution in [0.5, 0.6) is 0 Å². The summed E-state index contributed by atoms with van der Waals surface area (Å²) in [6.07, 6.45) is 0. The second-order valence-corrected chi connectivity index (χ2v) is 8.30. The van der Waals surface area contributed by atoms with Gasteiger partial charge in [-0.15, -0.1) is 0 Å². The monoisotopic (exact) mass is 473 g/mol. The maximum atomic E-state index is 13.3. The number of nitriles is 1. The molecule has 0 aliphatic rings. The van der Waals surface area contributed by atoms with Gasteiger partial charge in [-0.25, -0.2) is 14.8 Å². The van der Waals surface area contributed by atoms with Crippen molar-refractivity contribution in [1.29, 1.82) is 5.26 Å². The fourth-order valence-corrected chi connectivity index (χ4v) is 4.07. The van der Waals surface area contributed by atoms with Gasteiger partial charge in [0.25, 0.3) is 5.56 Å². The molecule has 2 heterocycles. The van der Waals surface area contributed by atoms with Crippen molar-refractivity contribution in [3.8, 4) is 17.5 Å². The Kier molecular flexibility index (Phi) is 6.05. The molecule has 4 aromatic rings. The number of halogens is 1. The van der Waals surface area contributed by atoms with Gasteiger partial charge < -0.3 is 10.4 Å². The van der Waals surface area contributed by atoms with Crippen molar-refractivity contribution in [3.63, 3.8) is 0 Å². The number of benzene rings is 2. The molecular formula is C25H20ClN5O3. The first kappa shape index (κ1) is 23.0. The highest BCUT2D eigenvalue weighted by Gasteiger charge is 2.20. The van der Waals surface area contributed by atoms with E-state index in [1.807, 2.05) is 19.9 Å². The van der Waals surface area contributed by atoms with Gasteiger partial charge >= 0.3 is 5.97 Å². The Balaban J connectivity index is 1.92. The van der Waals surface area contributed by atoms with Crippen LogP contribution >= 0.6 is 11.6 Å². The molecule has 0 bridgehead atoms. The van der Waals surface area contributed by atoms with Crippen molar-refractivity contribution in [1.82, 2.24) is 14.5 Å². The van der Waals surface area contributed by atoms with Gasteiger partial charge in [0.05, 0.1) is 34.3 Å². The zero-order valence-electron chi connectivity index (χ0n) is 18.6. The third-order valence-corrected chi connectivity index (χ3v) is 5.76. The number of anilines is 1. The fourth-order valence-electron chi connectivity index (χ4n) is 3.92. The Hall–Kier alpha value is -4.22. The number of rotatable bonds is 5. The summed E-state index contributed by atoms with van der Waals surface area (Å²) in [5.74, 6) is -0.847. The molecule has 0 aliphatic carbocycles. The lowest BCUT2D eigenvalue weighted by Gasteiger charge is -2.20. The molecule has 4 rings (SSSR count). The first-order valence-electron chi connectivity index (χ1n) is 10.4. The Labute approximate surface area is 200 Å². The van der Waals surface area contributed by atoms with Crippen LogP contribution < -0.4 is 10.9 Å². The zero-order chi connectivity index (χ0) is 24.6. The summed E-state index contributed by atoms with van der Waals surface area (Å²) in [6, 6.07) is 15.4. The van der Waals surface area contributed by atoms with Gasteiger partial charge in [0, 0.05) is 18.2 Å². The quantitative estimate of drug-likeness (QED) is 0.403. The standard InChI is InChI=1S/C25H20ClN5O3/c1-13-10-17(14(2)28-19-8-9-20(26)29-22(19)25(33)34)21-18(11-13)24(32)31(3)23(30-21)16-7-5-4-6-15(16)12-27/h4-11,14,28H,1-3H3,(H,33,34)/t14-/m1/s1. The van der Waals surface area contributed by atoms with Crippen LogP contribution in [0.2, 0.25) is 5.15 Å². The maximum Gasteiger partial charge on any atom is 0.356 e. The molecule has 1 atom stereocenters. The Morgan fingerprint density at radius 2 is 1.94 bits per heavy atom. The van der Waals surface area contributed by atoms with E-state index < -0.39 is 12.0 Å². The summed E-state index contributed by atoms with van der Waals surface area (Å²) in [5.41, 5.74) is 2.82. The minimum atomic E-state index is -1.21. The zero-order valence-corrected chi connectivity index (χ0v) is 19.4. The summed E-state index contributed by atoms with van der Waals surface area (Å²) < 4.78 is 1.44. The minimum absolute atomic E-state index is 0.0718. The average molecular weight is 474 g/mol. The average Bonchev–Trinajstić information content (AvgIpc) is 2.82. The number of hydrogen-bond acceptors (Lipinski definition) is 6. The van der Waals surface area contributed by atoms with Gasteiger partial charge in [-0.3, -0.25) is 9.36 Å². The third kappa shape index (κ3) is 4.09. The number of nitrogens with one attached hydrogen (secondary N) is 1. The van der Waals surface area contributed by atoms with E-state index in [1.54, 1.807) is 43.4 Å². The number of carbonyl (C=O) groups is 1. The second kappa shape index (κ2) is 8.96. The van der Waals surface area contributed by atoms with E-state index in [0.29, 0.717) is 33.4 Å². The number of fused-ring (bicyclic) bond motifs is 1. The minimum Gasteiger partial charge on any atom is -0.476 e. The van der Waals surface area contributed by atoms with E-state index in [-0.39, 0.29) is 22.1 Å². The smallest absolute Gasteiger partial charge is 0.356 e. The Bertz CT molecular complexity index is 1560. The Morgan fingerprint density at radius 3 is 2.65 bits per heavy atom. The molecule has 9 heteroatoms. The summed E-state index contributed by atoms with van der Waals surface area (Å²) >= 11 is 5.87. The van der Waals surface area contributed by atoms with Crippen molar-refractivity contribution >= 4 is 34.2 Å². The van der Waals surface area contributed by atoms with Crippen LogP contribution in [0.4, 0.5) is 5.69 Å². The number of pyridine rings is 1. The van der Waals surface area contributed by atoms with Crippen molar-refractivity contribution in [2.75, 3.05) is 5.32 Å². The predicted octanol–water partition coefficient (Wildman–Crippen LogP) is 4.70. The molecule has 0 fully saturated rings. The number of nitrogens with zero attached hydrogens (tertiary/aromatic N) is 4. The molecule has 0 spiro atoms. The van der Waals surface area contributed by atoms with Gasteiger partial charge in [-0.2, -0.15) is 5.26 Å². The van der Waals surface area contributed by atoms with Crippen molar-refractivity contribution < 1.29 is 9.90 Å². The van der Waals surface area contributed by atoms with Gasteiger partial charge in [0.15, 0.2) is 5.69 Å². The molecule has 170 valence electrons. The summed E-state index contributed by atoms with van der Waals surface area (Å²) in [5, 5.41) is 22.7. The van der Waals surface area contributed by atoms with E-state index in [2.05, 4.69) is 16.4 Å². The molecule has 0 aliphatic heterocycles. The molecule has 0 saturated heterocycles. The van der Waals surface area contributed by atoms with Crippen molar-refractivity contribution in [2.24, 2.45) is 7.05 Å². The van der Waals surface area contributed by atoms with Gasteiger partial charge in [0.2, 0.25) is 0 Å². The number of hydrogen-bond donors (Lipinski definition) is 2. The molecule has 0 radical (unpaired) electrons. The van der Waals surface area contributed by atoms with E-state index in [4.69, 9.17) is 16.6 Å². The Morgan fingerprint density at radius 1 is 1.21 bits per heavy atom. The van der Waals surface area contributed by atoms with E-state index in [1.165, 1.54) is 10.6 Å². The van der Waals surface area contributed by atoms with Crippen LogP contribution in [0.1, 0.15) is 40.1 Å². The van der Waals surface area contributed by atoms with Crippen LogP contribution in [-0.4, -0.2) is 25.6 Å². The summed E-state index contributed by atoms with van der Waals surface area (Å²) in [7, 11) is 1.63. The SMILES string of the molecule is Cc1cc([C@@H](C)Nc2ccc(Cl)nc2C(=O)O)c2nc(-c3ccccc3C#N)n(C)c(=O)c2c1. The normalized spacial score (nSPS) is 11.7. The van der Waals surface area contributed by atoms with Crippen LogP contribution in [0.15, 0.2) is 53.3 Å². The molecule has 0 amide bonds. The lowest BCUT2D eigenvalue weighted by atomic mass is 10.00. The first-order valence-corrected chi connectivity index (χ1v) is 10.8. The van der Waals surface area contributed by atoms with Gasteiger partial charge in [-0.05, 0) is 49.7 Å². The topological polar surface area (TPSA) is 121 Å². The van der Waals surface area contributed by atoms with Gasteiger partial charge in [0.1, 0.15) is 11.0 Å². The van der Waals surface area contributed by atoms with E-state index in [9.17, 15) is 20.0 Å². The molecule has 0 unspecified atom stereocenters. The molecule has 34 heavy (non-hydrogen) atoms. The highest BCUT2D eigenvalue weighted by molar-refractivity contribution is 6.29. The van der Waals surface area contributed by atoms with Crippen LogP contribution in [0, 0.1) is 18.3 Å². The molecule has 2 aromatic heterocycles. The third-order valence-electron chi connectivity index (χ3n) is 5.54. The van der Waals surface area contributed by atoms with Crippen molar-refractivity contribution in [3.05, 3.63) is 86.4 Å². The van der Waals surface area contributed by atoms with E-state index in [0.717, 1.165) is 5.56 Å². The number of aromatic carboxylic acids is 1. The molecule has 2 aromatic carbocycles. The second-order valence-electron chi connectivity index (χ2n) is 7.91. The summed E-state index contributed by atoms with van der Waals surface area (Å²) in [4.78, 5) is 33.7. The van der Waals surface area contributed by atoms with Crippen LogP contribution in [0.25, 0.3) is 22.3 Å². The molecular weight excluding hydrogens is 454 g/mol. The summed E-state index contributed by atoms with van der Waals surface area (Å²) in [6.45, 7) is 3.72. The largest absolute Gasteiger partial charge is 0.476 e. The molecule has 2 N–H and O–H groups in total. The van der Waals surface area contributed by atoms with Crippen LogP contribution in [-0.2, 0) is 7.05 Å². The number of aromatic nitrogens is 3. The van der Waals surface area contributed by atoms with Gasteiger partial charge in [-0.1, -0.05) is 29.8 Å². The van der Waals surface area contributed by atoms with Crippen LogP contribution in [0.3, 0.4) is 0 Å². The predicted molar refractivity (Wildman–Crippen MR) is 130 cm³/mol. The number of aryl methyl sites for hydroxylation is 1. The molecule has 0 saturated carbocycles. The first-order chi connectivity index (χ1) is 16.2. The lowest BCUT2D eigenvalue weighted by Crippen LogP contribution is -2.22. The van der Waals surface area contributed by atoms with Crippen molar-refractivity contribution in [2.45, 2.75) is 19.9 Å². The number of carboxylic acid groups (broad SMARTS) is 1.